The highest BCUT2D eigenvalue weighted by Gasteiger charge is 2.49. The molecule has 13 heteroatoms. The van der Waals surface area contributed by atoms with Crippen LogP contribution in [-0.2, 0) is 19.1 Å². The van der Waals surface area contributed by atoms with Gasteiger partial charge in [0.1, 0.15) is 23.9 Å². The van der Waals surface area contributed by atoms with Crippen molar-refractivity contribution < 1.29 is 22.0 Å². The van der Waals surface area contributed by atoms with E-state index in [1.165, 1.54) is 11.6 Å². The molecule has 0 unspecified atom stereocenters. The average molecular weight is 482 g/mol. The minimum Gasteiger partial charge on any atom is -0.355 e. The van der Waals surface area contributed by atoms with E-state index in [-0.39, 0.29) is 17.1 Å². The highest BCUT2D eigenvalue weighted by Crippen LogP contribution is 2.43. The molecule has 8 nitrogen and oxygen atoms in total. The van der Waals surface area contributed by atoms with Crippen molar-refractivity contribution >= 4 is 22.8 Å². The molecule has 5 rings (SSSR count). The first kappa shape index (κ1) is 22.7. The standard InChI is InChI=1S/C21H23F5N8/c1-3-14-13-7-27-19(30-18(13)34(31-14)8-16(22)23)32-5-4-20(9-32)10-33(11-20)17-6-15(21(24,25)26)28-12(2)29-17/h6-7,16H,3-5,8-11H2,1-2H3. The third-order valence-corrected chi connectivity index (χ3v) is 6.41. The minimum absolute atomic E-state index is 0.0763. The summed E-state index contributed by atoms with van der Waals surface area (Å²) < 4.78 is 66.6. The molecule has 182 valence electrons. The Labute approximate surface area is 191 Å². The van der Waals surface area contributed by atoms with Gasteiger partial charge in [-0.1, -0.05) is 6.92 Å². The lowest BCUT2D eigenvalue weighted by molar-refractivity contribution is -0.141. The Hall–Kier alpha value is -3.12. The highest BCUT2D eigenvalue weighted by atomic mass is 19.4. The Bertz CT molecular complexity index is 1220. The minimum atomic E-state index is -4.53. The number of halogens is 5. The van der Waals surface area contributed by atoms with Gasteiger partial charge in [0.15, 0.2) is 5.65 Å². The van der Waals surface area contributed by atoms with Gasteiger partial charge >= 0.3 is 6.18 Å². The van der Waals surface area contributed by atoms with Gasteiger partial charge in [-0.3, -0.25) is 0 Å². The molecule has 1 spiro atoms. The summed E-state index contributed by atoms with van der Waals surface area (Å²) in [6, 6.07) is 0.985. The molecule has 2 aliphatic heterocycles. The van der Waals surface area contributed by atoms with E-state index in [4.69, 9.17) is 0 Å². The molecule has 0 amide bonds. The van der Waals surface area contributed by atoms with Crippen LogP contribution < -0.4 is 9.80 Å². The lowest BCUT2D eigenvalue weighted by Gasteiger charge is -2.48. The molecule has 0 saturated carbocycles. The van der Waals surface area contributed by atoms with E-state index in [0.29, 0.717) is 55.3 Å². The Morgan fingerprint density at radius 2 is 1.82 bits per heavy atom. The van der Waals surface area contributed by atoms with Gasteiger partial charge < -0.3 is 9.80 Å². The summed E-state index contributed by atoms with van der Waals surface area (Å²) in [6.07, 6.45) is -4.05. The Kier molecular flexibility index (Phi) is 5.32. The SMILES string of the molecule is CCc1nn(CC(F)F)c2nc(N3CCC4(CN(c5cc(C(F)(F)F)nc(C)n5)C4)C3)ncc12. The highest BCUT2D eigenvalue weighted by molar-refractivity contribution is 5.78. The van der Waals surface area contributed by atoms with Crippen molar-refractivity contribution in [3.8, 4) is 0 Å². The van der Waals surface area contributed by atoms with Crippen molar-refractivity contribution in [1.82, 2.24) is 29.7 Å². The molecule has 5 heterocycles. The second kappa shape index (κ2) is 7.98. The number of anilines is 2. The van der Waals surface area contributed by atoms with Crippen molar-refractivity contribution in [2.24, 2.45) is 5.41 Å². The molecule has 0 atom stereocenters. The van der Waals surface area contributed by atoms with E-state index in [9.17, 15) is 22.0 Å². The molecule has 0 aromatic carbocycles. The quantitative estimate of drug-likeness (QED) is 0.516. The predicted octanol–water partition coefficient (Wildman–Crippen LogP) is 3.49. The fourth-order valence-electron chi connectivity index (χ4n) is 4.83. The molecular weight excluding hydrogens is 459 g/mol. The monoisotopic (exact) mass is 482 g/mol. The first-order chi connectivity index (χ1) is 16.1. The number of fused-ring (bicyclic) bond motifs is 1. The van der Waals surface area contributed by atoms with Crippen LogP contribution in [0.2, 0.25) is 0 Å². The van der Waals surface area contributed by atoms with E-state index >= 15 is 0 Å². The predicted molar refractivity (Wildman–Crippen MR) is 114 cm³/mol. The molecule has 0 aliphatic carbocycles. The number of aromatic nitrogens is 6. The summed E-state index contributed by atoms with van der Waals surface area (Å²) in [5.41, 5.74) is -0.00646. The second-order valence-electron chi connectivity index (χ2n) is 8.96. The first-order valence-electron chi connectivity index (χ1n) is 11.0. The maximum Gasteiger partial charge on any atom is 0.433 e. The zero-order valence-corrected chi connectivity index (χ0v) is 18.6. The van der Waals surface area contributed by atoms with Crippen LogP contribution in [0.15, 0.2) is 12.3 Å². The summed E-state index contributed by atoms with van der Waals surface area (Å²) in [4.78, 5) is 20.5. The summed E-state index contributed by atoms with van der Waals surface area (Å²) >= 11 is 0. The van der Waals surface area contributed by atoms with Crippen LogP contribution in [0.4, 0.5) is 33.7 Å². The Morgan fingerprint density at radius 1 is 1.09 bits per heavy atom. The second-order valence-corrected chi connectivity index (χ2v) is 8.96. The van der Waals surface area contributed by atoms with E-state index in [2.05, 4.69) is 25.0 Å². The Balaban J connectivity index is 1.33. The van der Waals surface area contributed by atoms with Crippen molar-refractivity contribution in [3.05, 3.63) is 29.5 Å². The van der Waals surface area contributed by atoms with Crippen molar-refractivity contribution in [2.75, 3.05) is 36.0 Å². The smallest absolute Gasteiger partial charge is 0.355 e. The van der Waals surface area contributed by atoms with E-state index in [1.54, 1.807) is 6.20 Å². The van der Waals surface area contributed by atoms with Crippen molar-refractivity contribution in [2.45, 2.75) is 45.8 Å². The molecule has 0 bridgehead atoms. The van der Waals surface area contributed by atoms with Gasteiger partial charge in [0.05, 0.1) is 11.1 Å². The number of aryl methyl sites for hydroxylation is 2. The van der Waals surface area contributed by atoms with Gasteiger partial charge in [-0.05, 0) is 19.8 Å². The summed E-state index contributed by atoms with van der Waals surface area (Å²) in [5, 5.41) is 4.93. The van der Waals surface area contributed by atoms with Gasteiger partial charge in [-0.25, -0.2) is 28.4 Å². The van der Waals surface area contributed by atoms with E-state index in [1.807, 2.05) is 16.7 Å². The van der Waals surface area contributed by atoms with Crippen molar-refractivity contribution in [1.29, 1.82) is 0 Å². The molecule has 2 fully saturated rings. The maximum absolute atomic E-state index is 13.1. The molecule has 3 aromatic rings. The molecule has 0 N–H and O–H groups in total. The normalized spacial score (nSPS) is 17.9. The van der Waals surface area contributed by atoms with Crippen LogP contribution in [-0.4, -0.2) is 62.3 Å². The number of hydrogen-bond donors (Lipinski definition) is 0. The zero-order valence-electron chi connectivity index (χ0n) is 18.6. The van der Waals surface area contributed by atoms with Crippen LogP contribution >= 0.6 is 0 Å². The van der Waals surface area contributed by atoms with Gasteiger partial charge in [-0.15, -0.1) is 0 Å². The lowest BCUT2D eigenvalue weighted by Crippen LogP contribution is -2.58. The lowest BCUT2D eigenvalue weighted by atomic mass is 9.79. The third-order valence-electron chi connectivity index (χ3n) is 6.41. The summed E-state index contributed by atoms with van der Waals surface area (Å²) in [5.74, 6) is 0.787. The van der Waals surface area contributed by atoms with Gasteiger partial charge in [0.25, 0.3) is 6.43 Å². The van der Waals surface area contributed by atoms with Crippen molar-refractivity contribution in [3.63, 3.8) is 0 Å². The third kappa shape index (κ3) is 4.00. The van der Waals surface area contributed by atoms with Crippen LogP contribution in [0.25, 0.3) is 11.0 Å². The molecule has 2 aliphatic rings. The molecular formula is C21H23F5N8. The number of rotatable bonds is 5. The Morgan fingerprint density at radius 3 is 2.50 bits per heavy atom. The van der Waals surface area contributed by atoms with Crippen LogP contribution in [0, 0.1) is 12.3 Å². The number of hydrogen-bond acceptors (Lipinski definition) is 7. The van der Waals surface area contributed by atoms with Gasteiger partial charge in [0.2, 0.25) is 5.95 Å². The zero-order chi connectivity index (χ0) is 24.3. The summed E-state index contributed by atoms with van der Waals surface area (Å²) in [6.45, 7) is 5.21. The fraction of sp³-hybridized carbons (Fsp3) is 0.571. The topological polar surface area (TPSA) is 75.9 Å². The van der Waals surface area contributed by atoms with E-state index in [0.717, 1.165) is 12.5 Å². The summed E-state index contributed by atoms with van der Waals surface area (Å²) in [7, 11) is 0. The fourth-order valence-corrected chi connectivity index (χ4v) is 4.83. The van der Waals surface area contributed by atoms with Gasteiger partial charge in [0, 0.05) is 43.9 Å². The first-order valence-corrected chi connectivity index (χ1v) is 11.0. The maximum atomic E-state index is 13.1. The number of nitrogens with zero attached hydrogens (tertiary/aromatic N) is 8. The average Bonchev–Trinajstić information content (AvgIpc) is 3.33. The molecule has 0 radical (unpaired) electrons. The molecule has 2 saturated heterocycles. The molecule has 34 heavy (non-hydrogen) atoms. The van der Waals surface area contributed by atoms with Crippen LogP contribution in [0.3, 0.4) is 0 Å². The van der Waals surface area contributed by atoms with Crippen LogP contribution in [0.1, 0.15) is 30.6 Å². The van der Waals surface area contributed by atoms with E-state index < -0.39 is 24.8 Å². The number of alkyl halides is 5. The molecule has 3 aromatic heterocycles. The largest absolute Gasteiger partial charge is 0.433 e. The van der Waals surface area contributed by atoms with Gasteiger partial charge in [-0.2, -0.15) is 23.3 Å². The van der Waals surface area contributed by atoms with Crippen LogP contribution in [0.5, 0.6) is 0 Å².